The monoisotopic (exact) mass is 686 g/mol. The van der Waals surface area contributed by atoms with E-state index in [0.29, 0.717) is 30.5 Å². The molecule has 2 amide bonds. The van der Waals surface area contributed by atoms with Crippen molar-refractivity contribution in [3.63, 3.8) is 0 Å². The number of hydrogen-bond donors (Lipinski definition) is 0. The summed E-state index contributed by atoms with van der Waals surface area (Å²) in [6, 6.07) is 27.5. The zero-order valence-corrected chi connectivity index (χ0v) is 28.6. The fourth-order valence-electron chi connectivity index (χ4n) is 6.13. The third kappa shape index (κ3) is 8.91. The molecular formula is C40H41F3N2O5. The van der Waals surface area contributed by atoms with Crippen molar-refractivity contribution in [2.45, 2.75) is 63.9 Å². The summed E-state index contributed by atoms with van der Waals surface area (Å²) in [6.07, 6.45) is -3.46. The second-order valence-corrected chi connectivity index (χ2v) is 13.4. The van der Waals surface area contributed by atoms with Gasteiger partial charge in [0.05, 0.1) is 18.7 Å². The Bertz CT molecular complexity index is 1770. The van der Waals surface area contributed by atoms with E-state index >= 15 is 0 Å². The maximum atomic E-state index is 14.4. The number of rotatable bonds is 9. The molecule has 262 valence electrons. The molecule has 7 nitrogen and oxygen atoms in total. The molecule has 4 aromatic rings. The lowest BCUT2D eigenvalue weighted by molar-refractivity contribution is -0.146. The summed E-state index contributed by atoms with van der Waals surface area (Å²) >= 11 is 0. The normalized spacial score (nSPS) is 15.3. The average molecular weight is 687 g/mol. The van der Waals surface area contributed by atoms with Crippen LogP contribution in [0.2, 0.25) is 0 Å². The van der Waals surface area contributed by atoms with Crippen LogP contribution >= 0.6 is 0 Å². The van der Waals surface area contributed by atoms with Gasteiger partial charge in [0.15, 0.2) is 0 Å². The van der Waals surface area contributed by atoms with Gasteiger partial charge < -0.3 is 19.3 Å². The predicted octanol–water partition coefficient (Wildman–Crippen LogP) is 8.67. The molecule has 0 spiro atoms. The summed E-state index contributed by atoms with van der Waals surface area (Å²) in [7, 11) is 1.28. The van der Waals surface area contributed by atoms with Crippen molar-refractivity contribution in [2.75, 3.05) is 20.2 Å². The zero-order valence-electron chi connectivity index (χ0n) is 28.6. The quantitative estimate of drug-likeness (QED) is 0.165. The van der Waals surface area contributed by atoms with Gasteiger partial charge in [-0.3, -0.25) is 4.79 Å². The highest BCUT2D eigenvalue weighted by Gasteiger charge is 2.39. The van der Waals surface area contributed by atoms with E-state index in [1.807, 2.05) is 54.6 Å². The molecule has 0 N–H and O–H groups in total. The number of carbonyl (C=O) groups excluding carboxylic acids is 3. The molecule has 0 bridgehead atoms. The maximum absolute atomic E-state index is 14.4. The summed E-state index contributed by atoms with van der Waals surface area (Å²) in [5.41, 5.74) is 2.85. The van der Waals surface area contributed by atoms with Gasteiger partial charge in [-0.15, -0.1) is 0 Å². The molecule has 0 radical (unpaired) electrons. The van der Waals surface area contributed by atoms with Crippen LogP contribution in [0.5, 0.6) is 0 Å². The average Bonchev–Trinajstić information content (AvgIpc) is 3.57. The SMILES string of the molecule is COC(=O)[C@H](Cc1ccc(-c2ccccc2)cc1)N(C[C@@H]1CCCN1C(=O)OC(C)(C)C)C(=O)c1ccc(-c2ccc(C(F)(F)F)cc2)cc1. The number of halogens is 3. The van der Waals surface area contributed by atoms with Crippen molar-refractivity contribution in [2.24, 2.45) is 0 Å². The first kappa shape index (κ1) is 36.2. The number of amides is 2. The van der Waals surface area contributed by atoms with E-state index in [-0.39, 0.29) is 18.5 Å². The lowest BCUT2D eigenvalue weighted by atomic mass is 9.98. The highest BCUT2D eigenvalue weighted by atomic mass is 19.4. The molecule has 50 heavy (non-hydrogen) atoms. The fraction of sp³-hybridized carbons (Fsp3) is 0.325. The molecule has 1 heterocycles. The first-order chi connectivity index (χ1) is 23.7. The van der Waals surface area contributed by atoms with Crippen molar-refractivity contribution in [1.29, 1.82) is 0 Å². The Hall–Kier alpha value is -5.12. The number of nitrogens with zero attached hydrogens (tertiary/aromatic N) is 2. The molecule has 0 unspecified atom stereocenters. The number of esters is 1. The van der Waals surface area contributed by atoms with E-state index in [9.17, 15) is 27.6 Å². The lowest BCUT2D eigenvalue weighted by Gasteiger charge is -2.35. The predicted molar refractivity (Wildman–Crippen MR) is 185 cm³/mol. The minimum atomic E-state index is -4.45. The molecule has 10 heteroatoms. The van der Waals surface area contributed by atoms with E-state index < -0.39 is 47.4 Å². The van der Waals surface area contributed by atoms with E-state index in [1.54, 1.807) is 49.9 Å². The molecular weight excluding hydrogens is 645 g/mol. The molecule has 1 saturated heterocycles. The zero-order chi connectivity index (χ0) is 36.1. The second kappa shape index (κ2) is 15.2. The van der Waals surface area contributed by atoms with Crippen LogP contribution in [0.25, 0.3) is 22.3 Å². The molecule has 0 aromatic heterocycles. The highest BCUT2D eigenvalue weighted by Crippen LogP contribution is 2.32. The number of alkyl halides is 3. The van der Waals surface area contributed by atoms with Gasteiger partial charge in [0.25, 0.3) is 5.91 Å². The number of likely N-dealkylation sites (tertiary alicyclic amines) is 1. The Morgan fingerprint density at radius 2 is 1.34 bits per heavy atom. The first-order valence-electron chi connectivity index (χ1n) is 16.5. The van der Waals surface area contributed by atoms with Gasteiger partial charge >= 0.3 is 18.2 Å². The van der Waals surface area contributed by atoms with Crippen LogP contribution < -0.4 is 0 Å². The van der Waals surface area contributed by atoms with Crippen molar-refractivity contribution in [1.82, 2.24) is 9.80 Å². The van der Waals surface area contributed by atoms with Crippen LogP contribution in [0.1, 0.15) is 55.1 Å². The summed E-state index contributed by atoms with van der Waals surface area (Å²) in [5.74, 6) is -1.05. The second-order valence-electron chi connectivity index (χ2n) is 13.4. The summed E-state index contributed by atoms with van der Waals surface area (Å²) in [6.45, 7) is 5.87. The molecule has 1 fully saturated rings. The molecule has 4 aromatic carbocycles. The van der Waals surface area contributed by atoms with Crippen molar-refractivity contribution in [3.05, 3.63) is 120 Å². The Morgan fingerprint density at radius 3 is 1.88 bits per heavy atom. The van der Waals surface area contributed by atoms with Gasteiger partial charge in [0.2, 0.25) is 0 Å². The smallest absolute Gasteiger partial charge is 0.416 e. The summed E-state index contributed by atoms with van der Waals surface area (Å²) < 4.78 is 50.2. The van der Waals surface area contributed by atoms with Crippen LogP contribution in [0.3, 0.4) is 0 Å². The first-order valence-corrected chi connectivity index (χ1v) is 16.5. The maximum Gasteiger partial charge on any atom is 0.416 e. The van der Waals surface area contributed by atoms with E-state index in [0.717, 1.165) is 28.8 Å². The van der Waals surface area contributed by atoms with Crippen molar-refractivity contribution >= 4 is 18.0 Å². The number of benzene rings is 4. The van der Waals surface area contributed by atoms with Gasteiger partial charge in [-0.2, -0.15) is 13.2 Å². The third-order valence-corrected chi connectivity index (χ3v) is 8.69. The fourth-order valence-corrected chi connectivity index (χ4v) is 6.13. The van der Waals surface area contributed by atoms with Gasteiger partial charge in [-0.25, -0.2) is 9.59 Å². The third-order valence-electron chi connectivity index (χ3n) is 8.69. The van der Waals surface area contributed by atoms with Gasteiger partial charge in [-0.1, -0.05) is 78.9 Å². The number of hydrogen-bond acceptors (Lipinski definition) is 5. The van der Waals surface area contributed by atoms with Crippen LogP contribution in [0.4, 0.5) is 18.0 Å². The number of methoxy groups -OCH3 is 1. The minimum absolute atomic E-state index is 0.0561. The molecule has 1 aliphatic rings. The molecule has 1 aliphatic heterocycles. The van der Waals surface area contributed by atoms with Crippen LogP contribution in [0.15, 0.2) is 103 Å². The molecule has 0 saturated carbocycles. The van der Waals surface area contributed by atoms with Crippen molar-refractivity contribution < 1.29 is 37.0 Å². The van der Waals surface area contributed by atoms with E-state index in [1.165, 1.54) is 24.1 Å². The van der Waals surface area contributed by atoms with Crippen LogP contribution in [-0.4, -0.2) is 65.7 Å². The summed E-state index contributed by atoms with van der Waals surface area (Å²) in [4.78, 5) is 44.2. The van der Waals surface area contributed by atoms with E-state index in [4.69, 9.17) is 9.47 Å². The molecule has 0 aliphatic carbocycles. The number of carbonyl (C=O) groups is 3. The van der Waals surface area contributed by atoms with E-state index in [2.05, 4.69) is 0 Å². The van der Waals surface area contributed by atoms with Crippen molar-refractivity contribution in [3.8, 4) is 22.3 Å². The lowest BCUT2D eigenvalue weighted by Crippen LogP contribution is -2.53. The molecule has 5 rings (SSSR count). The highest BCUT2D eigenvalue weighted by molar-refractivity contribution is 5.97. The summed E-state index contributed by atoms with van der Waals surface area (Å²) in [5, 5.41) is 0. The largest absolute Gasteiger partial charge is 0.467 e. The van der Waals surface area contributed by atoms with Gasteiger partial charge in [0, 0.05) is 25.1 Å². The van der Waals surface area contributed by atoms with Crippen LogP contribution in [0, 0.1) is 0 Å². The standard InChI is InChI=1S/C40H41F3N2O5/c1-39(2,3)50-38(48)44-24-8-11-34(44)26-45(35(37(47)49-4)25-27-12-14-29(15-13-27)28-9-6-5-7-10-28)36(46)32-18-16-30(17-19-32)31-20-22-33(23-21-31)40(41,42)43/h5-7,9-10,12-23,34-35H,8,11,24-26H2,1-4H3/t34-,35-/m0/s1. The minimum Gasteiger partial charge on any atom is -0.467 e. The molecule has 2 atom stereocenters. The van der Waals surface area contributed by atoms with Gasteiger partial charge in [0.1, 0.15) is 11.6 Å². The topological polar surface area (TPSA) is 76.2 Å². The Morgan fingerprint density at radius 1 is 0.800 bits per heavy atom. The Kier molecular flexibility index (Phi) is 11.0. The Labute approximate surface area is 290 Å². The van der Waals surface area contributed by atoms with Gasteiger partial charge in [-0.05, 0) is 85.7 Å². The number of ether oxygens (including phenoxy) is 2. The Balaban J connectivity index is 1.46. The van der Waals surface area contributed by atoms with Crippen LogP contribution in [-0.2, 0) is 26.9 Å².